The number of nitrogens with two attached hydrogens (primary N) is 2. The van der Waals surface area contributed by atoms with Crippen molar-refractivity contribution in [2.24, 2.45) is 5.73 Å². The molecular formula is C15H23N2O+. The Morgan fingerprint density at radius 2 is 1.89 bits per heavy atom. The molecule has 1 amide bonds. The number of aryl methyl sites for hydroxylation is 2. The Kier molecular flexibility index (Phi) is 4.02. The topological polar surface area (TPSA) is 59.7 Å². The highest BCUT2D eigenvalue weighted by atomic mass is 16.1. The number of hydrogen-bond donors (Lipinski definition) is 2. The summed E-state index contributed by atoms with van der Waals surface area (Å²) in [4.78, 5) is 11.1. The quantitative estimate of drug-likeness (QED) is 0.821. The molecule has 1 aromatic rings. The van der Waals surface area contributed by atoms with Crippen LogP contribution >= 0.6 is 0 Å². The first-order valence-electron chi connectivity index (χ1n) is 6.84. The average Bonchev–Trinajstić information content (AvgIpc) is 2.37. The van der Waals surface area contributed by atoms with Crippen LogP contribution in [0.4, 0.5) is 0 Å². The highest BCUT2D eigenvalue weighted by Gasteiger charge is 2.19. The fourth-order valence-corrected chi connectivity index (χ4v) is 2.68. The van der Waals surface area contributed by atoms with Gasteiger partial charge in [0, 0.05) is 5.56 Å². The Morgan fingerprint density at radius 3 is 2.56 bits per heavy atom. The Hall–Kier alpha value is -1.35. The molecule has 0 unspecified atom stereocenters. The van der Waals surface area contributed by atoms with Crippen LogP contribution in [0.15, 0.2) is 18.2 Å². The number of carbonyl (C=O) groups excluding carboxylic acids is 1. The van der Waals surface area contributed by atoms with Gasteiger partial charge in [0.2, 0.25) is 0 Å². The third kappa shape index (κ3) is 2.91. The second-order valence-corrected chi connectivity index (χ2v) is 5.41. The summed E-state index contributed by atoms with van der Waals surface area (Å²) in [6.45, 7) is 3.99. The van der Waals surface area contributed by atoms with Crippen molar-refractivity contribution >= 4 is 5.91 Å². The normalized spacial score (nSPS) is 17.9. The predicted molar refractivity (Wildman–Crippen MR) is 72.1 cm³/mol. The molecule has 0 saturated carbocycles. The van der Waals surface area contributed by atoms with E-state index in [2.05, 4.69) is 25.1 Å². The van der Waals surface area contributed by atoms with Crippen molar-refractivity contribution in [1.82, 2.24) is 0 Å². The number of hydrogen-bond acceptors (Lipinski definition) is 1. The van der Waals surface area contributed by atoms with Gasteiger partial charge in [0.1, 0.15) is 6.04 Å². The second kappa shape index (κ2) is 5.53. The molecule has 3 heteroatoms. The van der Waals surface area contributed by atoms with E-state index in [1.54, 1.807) is 0 Å². The van der Waals surface area contributed by atoms with Crippen LogP contribution in [0.25, 0.3) is 0 Å². The molecule has 2 atom stereocenters. The molecule has 1 aliphatic carbocycles. The molecule has 1 aromatic carbocycles. The lowest BCUT2D eigenvalue weighted by atomic mass is 9.89. The van der Waals surface area contributed by atoms with E-state index in [0.717, 1.165) is 0 Å². The van der Waals surface area contributed by atoms with Crippen LogP contribution in [0, 0.1) is 0 Å². The van der Waals surface area contributed by atoms with Gasteiger partial charge in [-0.2, -0.15) is 0 Å². The molecule has 18 heavy (non-hydrogen) atoms. The Labute approximate surface area is 109 Å². The van der Waals surface area contributed by atoms with Crippen LogP contribution in [0.2, 0.25) is 0 Å². The van der Waals surface area contributed by atoms with Crippen LogP contribution in [0.1, 0.15) is 49.4 Å². The summed E-state index contributed by atoms with van der Waals surface area (Å²) >= 11 is 0. The van der Waals surface area contributed by atoms with Crippen molar-refractivity contribution in [3.63, 3.8) is 0 Å². The summed E-state index contributed by atoms with van der Waals surface area (Å²) in [6, 6.07) is 6.86. The van der Waals surface area contributed by atoms with E-state index >= 15 is 0 Å². The first kappa shape index (κ1) is 13.1. The molecule has 0 radical (unpaired) electrons. The molecule has 0 bridgehead atoms. The highest BCUT2D eigenvalue weighted by Crippen LogP contribution is 2.23. The van der Waals surface area contributed by atoms with Crippen LogP contribution in [-0.2, 0) is 17.6 Å². The first-order valence-corrected chi connectivity index (χ1v) is 6.84. The molecule has 2 rings (SSSR count). The van der Waals surface area contributed by atoms with E-state index in [1.165, 1.54) is 42.4 Å². The van der Waals surface area contributed by atoms with E-state index in [-0.39, 0.29) is 18.0 Å². The summed E-state index contributed by atoms with van der Waals surface area (Å²) in [5, 5.41) is 2.03. The van der Waals surface area contributed by atoms with Gasteiger partial charge in [0.25, 0.3) is 5.91 Å². The molecule has 0 aliphatic heterocycles. The molecule has 0 aromatic heterocycles. The van der Waals surface area contributed by atoms with Gasteiger partial charge < -0.3 is 11.1 Å². The molecule has 4 N–H and O–H groups in total. The first-order chi connectivity index (χ1) is 8.58. The standard InChI is InChI=1S/C15H22N2O/c1-10(17-11(2)15(16)18)13-8-7-12-5-3-4-6-14(12)9-13/h7-11,17H,3-6H2,1-2H3,(H2,16,18)/p+1/t10-,11+/m1/s1. The van der Waals surface area contributed by atoms with E-state index in [9.17, 15) is 4.79 Å². The zero-order valence-corrected chi connectivity index (χ0v) is 11.3. The molecular weight excluding hydrogens is 224 g/mol. The summed E-state index contributed by atoms with van der Waals surface area (Å²) in [6.07, 6.45) is 5.02. The molecule has 0 saturated heterocycles. The second-order valence-electron chi connectivity index (χ2n) is 5.41. The summed E-state index contributed by atoms with van der Waals surface area (Å²) < 4.78 is 0. The van der Waals surface area contributed by atoms with Gasteiger partial charge in [0.15, 0.2) is 6.04 Å². The lowest BCUT2D eigenvalue weighted by Crippen LogP contribution is -2.92. The zero-order chi connectivity index (χ0) is 13.1. The maximum Gasteiger partial charge on any atom is 0.275 e. The number of primary amides is 1. The molecule has 0 spiro atoms. The van der Waals surface area contributed by atoms with Crippen LogP contribution < -0.4 is 11.1 Å². The maximum absolute atomic E-state index is 11.1. The maximum atomic E-state index is 11.1. The highest BCUT2D eigenvalue weighted by molar-refractivity contribution is 5.77. The SMILES string of the molecule is C[C@H]([NH2+][C@H](C)c1ccc2c(c1)CCCC2)C(N)=O. The number of rotatable bonds is 4. The van der Waals surface area contributed by atoms with Gasteiger partial charge in [-0.05, 0) is 56.7 Å². The summed E-state index contributed by atoms with van der Waals surface area (Å²) in [5.41, 5.74) is 9.59. The summed E-state index contributed by atoms with van der Waals surface area (Å²) in [5.74, 6) is -0.250. The molecule has 3 nitrogen and oxygen atoms in total. The number of amides is 1. The van der Waals surface area contributed by atoms with Crippen molar-refractivity contribution in [1.29, 1.82) is 0 Å². The van der Waals surface area contributed by atoms with Crippen LogP contribution in [-0.4, -0.2) is 11.9 Å². The van der Waals surface area contributed by atoms with Crippen molar-refractivity contribution < 1.29 is 10.1 Å². The minimum Gasteiger partial charge on any atom is -0.365 e. The lowest BCUT2D eigenvalue weighted by molar-refractivity contribution is -0.710. The molecule has 0 heterocycles. The van der Waals surface area contributed by atoms with Crippen LogP contribution in [0.5, 0.6) is 0 Å². The van der Waals surface area contributed by atoms with Gasteiger partial charge in [-0.15, -0.1) is 0 Å². The van der Waals surface area contributed by atoms with Gasteiger partial charge in [-0.3, -0.25) is 4.79 Å². The average molecular weight is 247 g/mol. The fourth-order valence-electron chi connectivity index (χ4n) is 2.68. The molecule has 98 valence electrons. The summed E-state index contributed by atoms with van der Waals surface area (Å²) in [7, 11) is 0. The monoisotopic (exact) mass is 247 g/mol. The Balaban J connectivity index is 2.11. The number of quaternary nitrogens is 1. The molecule has 1 aliphatic rings. The minimum absolute atomic E-state index is 0.170. The van der Waals surface area contributed by atoms with Gasteiger partial charge >= 0.3 is 0 Å². The smallest absolute Gasteiger partial charge is 0.275 e. The predicted octanol–water partition coefficient (Wildman–Crippen LogP) is 1.06. The van der Waals surface area contributed by atoms with Crippen molar-refractivity contribution in [3.05, 3.63) is 34.9 Å². The van der Waals surface area contributed by atoms with Gasteiger partial charge in [-0.1, -0.05) is 12.1 Å². The van der Waals surface area contributed by atoms with Crippen molar-refractivity contribution in [3.8, 4) is 0 Å². The van der Waals surface area contributed by atoms with Crippen LogP contribution in [0.3, 0.4) is 0 Å². The largest absolute Gasteiger partial charge is 0.365 e. The van der Waals surface area contributed by atoms with E-state index < -0.39 is 0 Å². The number of fused-ring (bicyclic) bond motifs is 1. The Bertz CT molecular complexity index is 442. The number of benzene rings is 1. The van der Waals surface area contributed by atoms with E-state index in [4.69, 9.17) is 5.73 Å². The third-order valence-corrected chi connectivity index (χ3v) is 3.92. The zero-order valence-electron chi connectivity index (χ0n) is 11.3. The van der Waals surface area contributed by atoms with E-state index in [1.807, 2.05) is 12.2 Å². The van der Waals surface area contributed by atoms with Crippen molar-refractivity contribution in [2.45, 2.75) is 51.6 Å². The van der Waals surface area contributed by atoms with E-state index in [0.29, 0.717) is 0 Å². The lowest BCUT2D eigenvalue weighted by Gasteiger charge is -2.19. The molecule has 0 fully saturated rings. The fraction of sp³-hybridized carbons (Fsp3) is 0.533. The Morgan fingerprint density at radius 1 is 1.22 bits per heavy atom. The number of carbonyl (C=O) groups is 1. The van der Waals surface area contributed by atoms with Gasteiger partial charge in [-0.25, -0.2) is 0 Å². The minimum atomic E-state index is -0.250. The third-order valence-electron chi connectivity index (χ3n) is 3.92. The van der Waals surface area contributed by atoms with Gasteiger partial charge in [0.05, 0.1) is 0 Å². The van der Waals surface area contributed by atoms with Crippen molar-refractivity contribution in [2.75, 3.05) is 0 Å².